The van der Waals surface area contributed by atoms with Gasteiger partial charge in [-0.25, -0.2) is 4.79 Å². The highest BCUT2D eigenvalue weighted by Crippen LogP contribution is 2.40. The zero-order valence-electron chi connectivity index (χ0n) is 13.2. The average Bonchev–Trinajstić information content (AvgIpc) is 2.49. The first-order valence-electron chi connectivity index (χ1n) is 7.59. The van der Waals surface area contributed by atoms with Crippen molar-refractivity contribution >= 4 is 27.5 Å². The van der Waals surface area contributed by atoms with Crippen molar-refractivity contribution in [2.75, 3.05) is 0 Å². The van der Waals surface area contributed by atoms with Crippen LogP contribution in [-0.4, -0.2) is 11.4 Å². The predicted molar refractivity (Wildman–Crippen MR) is 88.4 cm³/mol. The molecule has 0 amide bonds. The van der Waals surface area contributed by atoms with Crippen LogP contribution in [0.2, 0.25) is 0 Å². The van der Waals surface area contributed by atoms with Crippen molar-refractivity contribution in [1.29, 1.82) is 0 Å². The van der Waals surface area contributed by atoms with Gasteiger partial charge < -0.3 is 9.15 Å². The molecule has 0 radical (unpaired) electrons. The third-order valence-corrected chi connectivity index (χ3v) is 4.36. The number of hydrogen-bond donors (Lipinski definition) is 0. The van der Waals surface area contributed by atoms with Crippen LogP contribution < -0.4 is 10.4 Å². The molecule has 4 rings (SSSR count). The first-order valence-corrected chi connectivity index (χ1v) is 7.59. The Morgan fingerprint density at radius 1 is 1.04 bits per heavy atom. The highest BCUT2D eigenvalue weighted by atomic mass is 16.5. The number of ether oxygens (including phenoxy) is 1. The lowest BCUT2D eigenvalue weighted by atomic mass is 9.90. The normalized spacial score (nSPS) is 16.4. The molecule has 4 nitrogen and oxygen atoms in total. The summed E-state index contributed by atoms with van der Waals surface area (Å²) < 4.78 is 11.5. The Morgan fingerprint density at radius 2 is 1.74 bits per heavy atom. The number of hydrogen-bond acceptors (Lipinski definition) is 4. The number of carbonyl (C=O) groups is 1. The molecule has 2 heterocycles. The van der Waals surface area contributed by atoms with Crippen molar-refractivity contribution in [3.05, 3.63) is 51.9 Å². The summed E-state index contributed by atoms with van der Waals surface area (Å²) in [6, 6.07) is 9.07. The maximum atomic E-state index is 12.5. The number of carbonyl (C=O) groups excluding carboxylic acids is 1. The minimum atomic E-state index is -0.556. The maximum absolute atomic E-state index is 12.5. The second-order valence-corrected chi connectivity index (χ2v) is 6.65. The Hall–Kier alpha value is -2.62. The molecule has 0 saturated heterocycles. The van der Waals surface area contributed by atoms with Gasteiger partial charge in [-0.2, -0.15) is 0 Å². The van der Waals surface area contributed by atoms with Crippen LogP contribution in [0.4, 0.5) is 0 Å². The monoisotopic (exact) mass is 308 g/mol. The van der Waals surface area contributed by atoms with Gasteiger partial charge in [0.05, 0.1) is 17.4 Å². The smallest absolute Gasteiger partial charge is 0.344 e. The fourth-order valence-corrected chi connectivity index (χ4v) is 3.29. The molecular formula is C19H16O4. The lowest BCUT2D eigenvalue weighted by Gasteiger charge is -2.32. The van der Waals surface area contributed by atoms with Crippen molar-refractivity contribution in [3.8, 4) is 5.75 Å². The summed E-state index contributed by atoms with van der Waals surface area (Å²) in [7, 11) is 0. The lowest BCUT2D eigenvalue weighted by Crippen LogP contribution is -2.36. The fourth-order valence-electron chi connectivity index (χ4n) is 3.29. The standard InChI is InChI=1S/C19H16O4/c1-10-16-13(11-6-4-5-7-12(11)18(21)22-16)8-14-15(20)9-19(2,3)23-17(10)14/h4-8H,9H2,1-3H3. The Balaban J connectivity index is 2.18. The SMILES string of the molecule is Cc1c2c(cc3c1oc(=O)c1ccccc13)C(=O)CC(C)(C)O2. The van der Waals surface area contributed by atoms with E-state index >= 15 is 0 Å². The molecule has 0 unspecified atom stereocenters. The number of fused-ring (bicyclic) bond motifs is 4. The van der Waals surface area contributed by atoms with Crippen LogP contribution >= 0.6 is 0 Å². The van der Waals surface area contributed by atoms with Crippen LogP contribution in [0.3, 0.4) is 0 Å². The van der Waals surface area contributed by atoms with Crippen LogP contribution in [-0.2, 0) is 0 Å². The molecule has 0 saturated carbocycles. The molecule has 116 valence electrons. The fraction of sp³-hybridized carbons (Fsp3) is 0.263. The predicted octanol–water partition coefficient (Wildman–Crippen LogP) is 4.00. The van der Waals surface area contributed by atoms with Gasteiger partial charge in [-0.3, -0.25) is 4.79 Å². The number of Topliss-reactive ketones (excluding diaryl/α,β-unsaturated/α-hetero) is 1. The number of ketones is 1. The minimum absolute atomic E-state index is 0.0523. The summed E-state index contributed by atoms with van der Waals surface area (Å²) in [6.07, 6.45) is 0.333. The molecule has 0 fully saturated rings. The van der Waals surface area contributed by atoms with E-state index in [0.717, 1.165) is 10.8 Å². The third-order valence-electron chi connectivity index (χ3n) is 4.36. The van der Waals surface area contributed by atoms with Gasteiger partial charge in [-0.15, -0.1) is 0 Å². The Morgan fingerprint density at radius 3 is 2.48 bits per heavy atom. The van der Waals surface area contributed by atoms with Gasteiger partial charge in [0.15, 0.2) is 5.78 Å². The first kappa shape index (κ1) is 14.0. The van der Waals surface area contributed by atoms with Gasteiger partial charge in [0.2, 0.25) is 0 Å². The summed E-state index contributed by atoms with van der Waals surface area (Å²) in [5.41, 5.74) is 0.810. The van der Waals surface area contributed by atoms with E-state index in [9.17, 15) is 9.59 Å². The van der Waals surface area contributed by atoms with Gasteiger partial charge in [0.1, 0.15) is 16.9 Å². The van der Waals surface area contributed by atoms with Crippen molar-refractivity contribution in [3.63, 3.8) is 0 Å². The van der Waals surface area contributed by atoms with E-state index in [4.69, 9.17) is 9.15 Å². The molecule has 0 N–H and O–H groups in total. The van der Waals surface area contributed by atoms with E-state index in [-0.39, 0.29) is 11.4 Å². The molecule has 0 bridgehead atoms. The van der Waals surface area contributed by atoms with Gasteiger partial charge in [0.25, 0.3) is 0 Å². The number of rotatable bonds is 0. The first-order chi connectivity index (χ1) is 10.9. The van der Waals surface area contributed by atoms with Gasteiger partial charge in [0, 0.05) is 10.9 Å². The Bertz CT molecular complexity index is 1040. The molecule has 0 aliphatic carbocycles. The molecule has 1 aromatic heterocycles. The Kier molecular flexibility index (Phi) is 2.71. The Labute approximate surface area is 132 Å². The third kappa shape index (κ3) is 1.98. The maximum Gasteiger partial charge on any atom is 0.344 e. The summed E-state index contributed by atoms with van der Waals surface area (Å²) in [6.45, 7) is 5.59. The van der Waals surface area contributed by atoms with Crippen LogP contribution in [0.1, 0.15) is 36.2 Å². The van der Waals surface area contributed by atoms with Crippen LogP contribution in [0, 0.1) is 6.92 Å². The second kappa shape index (κ2) is 4.44. The van der Waals surface area contributed by atoms with E-state index in [0.29, 0.717) is 34.3 Å². The molecule has 1 aliphatic heterocycles. The highest BCUT2D eigenvalue weighted by Gasteiger charge is 2.34. The number of benzene rings is 2. The second-order valence-electron chi connectivity index (χ2n) is 6.65. The molecule has 3 aromatic rings. The van der Waals surface area contributed by atoms with Gasteiger partial charge in [-0.05, 0) is 38.3 Å². The van der Waals surface area contributed by atoms with E-state index in [2.05, 4.69) is 0 Å². The topological polar surface area (TPSA) is 56.5 Å². The molecular weight excluding hydrogens is 292 g/mol. The zero-order valence-corrected chi connectivity index (χ0v) is 13.2. The summed E-state index contributed by atoms with van der Waals surface area (Å²) in [5.74, 6) is 0.578. The van der Waals surface area contributed by atoms with Crippen LogP contribution in [0.15, 0.2) is 39.5 Å². The molecule has 0 atom stereocenters. The molecule has 23 heavy (non-hydrogen) atoms. The van der Waals surface area contributed by atoms with Crippen LogP contribution in [0.25, 0.3) is 21.7 Å². The minimum Gasteiger partial charge on any atom is -0.486 e. The zero-order chi connectivity index (χ0) is 16.4. The number of aryl methyl sites for hydroxylation is 1. The average molecular weight is 308 g/mol. The van der Waals surface area contributed by atoms with Gasteiger partial charge in [-0.1, -0.05) is 18.2 Å². The molecule has 2 aromatic carbocycles. The van der Waals surface area contributed by atoms with E-state index in [1.807, 2.05) is 32.9 Å². The van der Waals surface area contributed by atoms with E-state index < -0.39 is 5.60 Å². The van der Waals surface area contributed by atoms with Crippen molar-refractivity contribution in [2.24, 2.45) is 0 Å². The van der Waals surface area contributed by atoms with E-state index in [1.165, 1.54) is 0 Å². The van der Waals surface area contributed by atoms with Gasteiger partial charge >= 0.3 is 5.63 Å². The lowest BCUT2D eigenvalue weighted by molar-refractivity contribution is 0.0616. The summed E-state index contributed by atoms with van der Waals surface area (Å²) >= 11 is 0. The van der Waals surface area contributed by atoms with Crippen LogP contribution in [0.5, 0.6) is 5.75 Å². The summed E-state index contributed by atoms with van der Waals surface area (Å²) in [4.78, 5) is 24.8. The highest BCUT2D eigenvalue weighted by molar-refractivity contribution is 6.11. The molecule has 1 aliphatic rings. The quantitative estimate of drug-likeness (QED) is 0.465. The van der Waals surface area contributed by atoms with E-state index in [1.54, 1.807) is 18.2 Å². The largest absolute Gasteiger partial charge is 0.486 e. The molecule has 4 heteroatoms. The van der Waals surface area contributed by atoms with Crippen molar-refractivity contribution in [1.82, 2.24) is 0 Å². The van der Waals surface area contributed by atoms with Crippen molar-refractivity contribution in [2.45, 2.75) is 32.8 Å². The molecule has 0 spiro atoms. The van der Waals surface area contributed by atoms with Crippen molar-refractivity contribution < 1.29 is 13.9 Å². The summed E-state index contributed by atoms with van der Waals surface area (Å²) in [5, 5.41) is 2.08.